The van der Waals surface area contributed by atoms with E-state index in [0.29, 0.717) is 37.5 Å². The number of anilines is 3. The molecule has 2 aliphatic heterocycles. The van der Waals surface area contributed by atoms with Crippen molar-refractivity contribution in [1.29, 1.82) is 0 Å². The lowest BCUT2D eigenvalue weighted by atomic mass is 10.00. The number of benzene rings is 1. The zero-order chi connectivity index (χ0) is 27.7. The number of ether oxygens (including phenoxy) is 1. The number of nitrogens with one attached hydrogen (secondary N) is 1. The lowest BCUT2D eigenvalue weighted by Gasteiger charge is -2.36. The molecule has 0 radical (unpaired) electrons. The zero-order valence-corrected chi connectivity index (χ0v) is 21.0. The molecule has 2 amide bonds. The van der Waals surface area contributed by atoms with Gasteiger partial charge in [-0.05, 0) is 42.3 Å². The molecular weight excluding hydrogens is 515 g/mol. The number of nitrogens with zero attached hydrogens (tertiary/aromatic N) is 4. The van der Waals surface area contributed by atoms with Crippen molar-refractivity contribution in [2.75, 3.05) is 48.0 Å². The minimum absolute atomic E-state index is 0.116. The number of aromatic nitrogens is 2. The van der Waals surface area contributed by atoms with Gasteiger partial charge < -0.3 is 20.1 Å². The van der Waals surface area contributed by atoms with E-state index in [1.54, 1.807) is 24.4 Å². The van der Waals surface area contributed by atoms with Crippen LogP contribution in [-0.4, -0.2) is 65.8 Å². The summed E-state index contributed by atoms with van der Waals surface area (Å²) in [5.74, 6) is -0.410. The molecule has 5 rings (SSSR count). The van der Waals surface area contributed by atoms with Crippen molar-refractivity contribution in [1.82, 2.24) is 9.97 Å². The average Bonchev–Trinajstić information content (AvgIpc) is 3.03. The van der Waals surface area contributed by atoms with Crippen LogP contribution in [0.1, 0.15) is 27.9 Å². The number of amides is 2. The molecular formula is C27H26F3N5O4. The van der Waals surface area contributed by atoms with Gasteiger partial charge in [0.25, 0.3) is 5.91 Å². The van der Waals surface area contributed by atoms with Crippen molar-refractivity contribution in [3.05, 3.63) is 65.6 Å². The van der Waals surface area contributed by atoms with Gasteiger partial charge in [-0.2, -0.15) is 13.2 Å². The topological polar surface area (TPSA) is 108 Å². The highest BCUT2D eigenvalue weighted by Crippen LogP contribution is 2.38. The van der Waals surface area contributed by atoms with Crippen LogP contribution >= 0.6 is 0 Å². The number of aliphatic hydroxyl groups excluding tert-OH is 1. The van der Waals surface area contributed by atoms with E-state index in [-0.39, 0.29) is 37.1 Å². The Bertz CT molecular complexity index is 1410. The first kappa shape index (κ1) is 26.6. The molecule has 1 saturated heterocycles. The number of halogens is 3. The molecule has 1 aromatic carbocycles. The number of rotatable bonds is 5. The van der Waals surface area contributed by atoms with E-state index in [2.05, 4.69) is 20.2 Å². The van der Waals surface area contributed by atoms with Gasteiger partial charge in [0.05, 0.1) is 49.2 Å². The first-order valence-corrected chi connectivity index (χ1v) is 12.4. The van der Waals surface area contributed by atoms with Gasteiger partial charge in [-0.25, -0.2) is 4.98 Å². The summed E-state index contributed by atoms with van der Waals surface area (Å²) in [6.07, 6.45) is -1.01. The van der Waals surface area contributed by atoms with E-state index in [1.165, 1.54) is 4.90 Å². The van der Waals surface area contributed by atoms with Crippen LogP contribution in [0.4, 0.5) is 30.4 Å². The molecule has 39 heavy (non-hydrogen) atoms. The van der Waals surface area contributed by atoms with E-state index in [4.69, 9.17) is 4.74 Å². The van der Waals surface area contributed by atoms with Gasteiger partial charge in [0.1, 0.15) is 0 Å². The Kier molecular flexibility index (Phi) is 7.23. The number of carbonyl (C=O) groups is 2. The number of carbonyl (C=O) groups excluding carboxylic acids is 2. The quantitative estimate of drug-likeness (QED) is 0.508. The number of hydrogen-bond acceptors (Lipinski definition) is 7. The molecule has 9 nitrogen and oxygen atoms in total. The Morgan fingerprint density at radius 2 is 2.03 bits per heavy atom. The largest absolute Gasteiger partial charge is 0.417 e. The summed E-state index contributed by atoms with van der Waals surface area (Å²) < 4.78 is 44.8. The van der Waals surface area contributed by atoms with Gasteiger partial charge in [0, 0.05) is 42.8 Å². The van der Waals surface area contributed by atoms with Crippen LogP contribution in [0.2, 0.25) is 0 Å². The predicted octanol–water partition coefficient (Wildman–Crippen LogP) is 3.66. The third kappa shape index (κ3) is 5.43. The van der Waals surface area contributed by atoms with Crippen LogP contribution in [0.25, 0.3) is 11.1 Å². The van der Waals surface area contributed by atoms with Crippen molar-refractivity contribution in [2.24, 2.45) is 0 Å². The fourth-order valence-corrected chi connectivity index (χ4v) is 4.85. The van der Waals surface area contributed by atoms with Crippen molar-refractivity contribution < 1.29 is 32.6 Å². The second-order valence-electron chi connectivity index (χ2n) is 9.41. The summed E-state index contributed by atoms with van der Waals surface area (Å²) >= 11 is 0. The lowest BCUT2D eigenvalue weighted by molar-refractivity contribution is -0.137. The molecule has 0 aliphatic carbocycles. The molecule has 3 aromatic rings. The number of pyridine rings is 2. The summed E-state index contributed by atoms with van der Waals surface area (Å²) in [4.78, 5) is 37.5. The molecule has 4 heterocycles. The minimum Gasteiger partial charge on any atom is -0.395 e. The van der Waals surface area contributed by atoms with Crippen molar-refractivity contribution in [2.45, 2.75) is 25.6 Å². The van der Waals surface area contributed by atoms with Crippen LogP contribution in [-0.2, 0) is 15.7 Å². The fraction of sp³-hybridized carbons (Fsp3) is 0.333. The van der Waals surface area contributed by atoms with Gasteiger partial charge in [-0.15, -0.1) is 0 Å². The maximum Gasteiger partial charge on any atom is 0.417 e. The molecule has 1 atom stereocenters. The number of morpholine rings is 1. The highest BCUT2D eigenvalue weighted by atomic mass is 19.4. The summed E-state index contributed by atoms with van der Waals surface area (Å²) in [5.41, 5.74) is 2.26. The number of aryl methyl sites for hydroxylation is 1. The van der Waals surface area contributed by atoms with E-state index in [1.807, 2.05) is 13.0 Å². The Hall–Kier alpha value is -4.03. The monoisotopic (exact) mass is 541 g/mol. The van der Waals surface area contributed by atoms with E-state index < -0.39 is 17.6 Å². The van der Waals surface area contributed by atoms with Gasteiger partial charge >= 0.3 is 6.18 Å². The van der Waals surface area contributed by atoms with E-state index in [0.717, 1.165) is 34.6 Å². The van der Waals surface area contributed by atoms with Crippen LogP contribution in [0.3, 0.4) is 0 Å². The normalized spacial score (nSPS) is 17.4. The van der Waals surface area contributed by atoms with E-state index >= 15 is 0 Å². The summed E-state index contributed by atoms with van der Waals surface area (Å²) in [5, 5.41) is 12.2. The highest BCUT2D eigenvalue weighted by Gasteiger charge is 2.36. The maximum atomic E-state index is 13.1. The Morgan fingerprint density at radius 1 is 1.21 bits per heavy atom. The third-order valence-electron chi connectivity index (χ3n) is 6.81. The lowest BCUT2D eigenvalue weighted by Crippen LogP contribution is -2.46. The molecule has 204 valence electrons. The number of β-amino-alcohol motifs (C(OH)–C–C–N with tert-alkyl or cyclic N) is 1. The molecule has 2 aliphatic rings. The van der Waals surface area contributed by atoms with Gasteiger partial charge in [0.15, 0.2) is 5.82 Å². The summed E-state index contributed by atoms with van der Waals surface area (Å²) in [7, 11) is 0. The Morgan fingerprint density at radius 3 is 2.79 bits per heavy atom. The predicted molar refractivity (Wildman–Crippen MR) is 138 cm³/mol. The van der Waals surface area contributed by atoms with Gasteiger partial charge in [-0.3, -0.25) is 19.5 Å². The standard InChI is InChI=1S/C27H26F3N5O4/c1-16-2-3-20(33-26(38)18-8-19(14-31-12-18)27(28,29)30)10-22(16)17-9-23-25(32-13-17)35(4-6-36)24(37)11-21-15-39-7-5-34(21)23/h2-3,8-10,12-14,21,36H,4-7,11,15H2,1H3,(H,33,38)/t21-/m1/s1. The fourth-order valence-electron chi connectivity index (χ4n) is 4.85. The average molecular weight is 542 g/mol. The number of fused-ring (bicyclic) bond motifs is 3. The number of hydrogen-bond donors (Lipinski definition) is 2. The van der Waals surface area contributed by atoms with Crippen LogP contribution in [0, 0.1) is 6.92 Å². The second-order valence-corrected chi connectivity index (χ2v) is 9.41. The van der Waals surface area contributed by atoms with Crippen LogP contribution in [0.15, 0.2) is 48.9 Å². The SMILES string of the molecule is Cc1ccc(NC(=O)c2cncc(C(F)(F)F)c2)cc1-c1cnc2c(c1)N1CCOC[C@H]1CC(=O)N2CCO. The molecule has 2 aromatic heterocycles. The summed E-state index contributed by atoms with van der Waals surface area (Å²) in [6, 6.07) is 7.69. The molecule has 0 bridgehead atoms. The Balaban J connectivity index is 1.49. The van der Waals surface area contributed by atoms with Crippen molar-refractivity contribution >= 4 is 29.0 Å². The zero-order valence-electron chi connectivity index (χ0n) is 21.0. The number of aliphatic hydroxyl groups is 1. The van der Waals surface area contributed by atoms with Crippen molar-refractivity contribution in [3.63, 3.8) is 0 Å². The van der Waals surface area contributed by atoms with Crippen molar-refractivity contribution in [3.8, 4) is 11.1 Å². The van der Waals surface area contributed by atoms with Gasteiger partial charge in [0.2, 0.25) is 5.91 Å². The maximum absolute atomic E-state index is 13.1. The Labute approximate surface area is 222 Å². The molecule has 0 unspecified atom stereocenters. The van der Waals surface area contributed by atoms with Crippen LogP contribution < -0.4 is 15.1 Å². The molecule has 2 N–H and O–H groups in total. The summed E-state index contributed by atoms with van der Waals surface area (Å²) in [6.45, 7) is 3.26. The smallest absolute Gasteiger partial charge is 0.395 e. The molecule has 12 heteroatoms. The third-order valence-corrected chi connectivity index (χ3v) is 6.81. The second kappa shape index (κ2) is 10.6. The molecule has 1 fully saturated rings. The molecule has 0 spiro atoms. The minimum atomic E-state index is -4.62. The molecule has 0 saturated carbocycles. The first-order chi connectivity index (χ1) is 18.7. The van der Waals surface area contributed by atoms with E-state index in [9.17, 15) is 27.9 Å². The number of alkyl halides is 3. The first-order valence-electron chi connectivity index (χ1n) is 12.4. The van der Waals surface area contributed by atoms with Gasteiger partial charge in [-0.1, -0.05) is 6.07 Å². The van der Waals surface area contributed by atoms with Crippen LogP contribution in [0.5, 0.6) is 0 Å². The highest BCUT2D eigenvalue weighted by molar-refractivity contribution is 6.04.